The van der Waals surface area contributed by atoms with Crippen LogP contribution in [0, 0.1) is 0 Å². The minimum atomic E-state index is -0.187. The first-order valence-electron chi connectivity index (χ1n) is 7.43. The maximum Gasteiger partial charge on any atom is 0.318 e. The van der Waals surface area contributed by atoms with E-state index in [1.807, 2.05) is 31.2 Å². The van der Waals surface area contributed by atoms with Crippen LogP contribution in [0.15, 0.2) is 24.3 Å². The number of ether oxygens (including phenoxy) is 2. The second-order valence-electron chi connectivity index (χ2n) is 5.53. The van der Waals surface area contributed by atoms with Gasteiger partial charge < -0.3 is 24.8 Å². The fraction of sp³-hybridized carbons (Fsp3) is 0.562. The number of benzene rings is 1. The number of carbonyl (C=O) groups is 1. The highest BCUT2D eigenvalue weighted by atomic mass is 16.5. The molecule has 2 amide bonds. The first-order chi connectivity index (χ1) is 10.6. The van der Waals surface area contributed by atoms with Gasteiger partial charge in [-0.3, -0.25) is 0 Å². The van der Waals surface area contributed by atoms with Crippen molar-refractivity contribution in [3.63, 3.8) is 0 Å². The molecule has 1 aliphatic heterocycles. The number of aliphatic hydroxyl groups is 1. The molecule has 0 bridgehead atoms. The van der Waals surface area contributed by atoms with Gasteiger partial charge in [-0.1, -0.05) is 12.1 Å². The summed E-state index contributed by atoms with van der Waals surface area (Å²) in [6.07, 6.45) is 0.649. The number of urea groups is 1. The van der Waals surface area contributed by atoms with Crippen LogP contribution in [0.5, 0.6) is 5.75 Å². The van der Waals surface area contributed by atoms with Gasteiger partial charge in [-0.25, -0.2) is 4.79 Å². The molecule has 0 radical (unpaired) electrons. The van der Waals surface area contributed by atoms with Crippen molar-refractivity contribution >= 4 is 6.03 Å². The lowest BCUT2D eigenvalue weighted by Gasteiger charge is -2.25. The van der Waals surface area contributed by atoms with Crippen molar-refractivity contribution in [3.05, 3.63) is 29.8 Å². The predicted molar refractivity (Wildman–Crippen MR) is 82.9 cm³/mol. The summed E-state index contributed by atoms with van der Waals surface area (Å²) in [6.45, 7) is 2.38. The third-order valence-electron chi connectivity index (χ3n) is 4.14. The quantitative estimate of drug-likeness (QED) is 0.866. The Morgan fingerprint density at radius 2 is 2.09 bits per heavy atom. The van der Waals surface area contributed by atoms with Gasteiger partial charge in [0.15, 0.2) is 0 Å². The van der Waals surface area contributed by atoms with E-state index < -0.39 is 0 Å². The summed E-state index contributed by atoms with van der Waals surface area (Å²) in [4.78, 5) is 14.1. The summed E-state index contributed by atoms with van der Waals surface area (Å²) in [5.41, 5.74) is 0.997. The zero-order valence-corrected chi connectivity index (χ0v) is 13.3. The fourth-order valence-corrected chi connectivity index (χ4v) is 2.71. The van der Waals surface area contributed by atoms with Crippen molar-refractivity contribution in [3.8, 4) is 5.75 Å². The predicted octanol–water partition coefficient (Wildman–Crippen LogP) is 1.55. The van der Waals surface area contributed by atoms with Gasteiger partial charge in [-0.15, -0.1) is 0 Å². The molecule has 1 aliphatic rings. The molecule has 1 aromatic carbocycles. The van der Waals surface area contributed by atoms with E-state index in [1.165, 1.54) is 0 Å². The Morgan fingerprint density at radius 1 is 1.41 bits per heavy atom. The number of nitrogens with one attached hydrogen (secondary N) is 1. The molecular formula is C16H24N2O4. The van der Waals surface area contributed by atoms with Gasteiger partial charge in [0, 0.05) is 13.7 Å². The number of hydrogen-bond acceptors (Lipinski definition) is 4. The highest BCUT2D eigenvalue weighted by Gasteiger charge is 2.35. The van der Waals surface area contributed by atoms with Gasteiger partial charge in [-0.2, -0.15) is 0 Å². The van der Waals surface area contributed by atoms with Crippen LogP contribution in [-0.4, -0.2) is 55.6 Å². The number of likely N-dealkylation sites (tertiary alicyclic amines) is 1. The molecule has 1 heterocycles. The second kappa shape index (κ2) is 7.47. The molecule has 0 aliphatic carbocycles. The average molecular weight is 308 g/mol. The van der Waals surface area contributed by atoms with Gasteiger partial charge in [0.05, 0.1) is 31.9 Å². The standard InChI is InChI=1S/C16H24N2O4/c1-11(12-4-6-14(21-2)7-5-12)17-16(20)18-9-15(22-3)8-13(18)10-19/h4-7,11,13,15,19H,8-10H2,1-3H3,(H,17,20)/t11?,13-,15+/m0/s1. The Labute approximate surface area is 131 Å². The summed E-state index contributed by atoms with van der Waals surface area (Å²) >= 11 is 0. The molecule has 1 saturated heterocycles. The van der Waals surface area contributed by atoms with E-state index in [4.69, 9.17) is 9.47 Å². The molecule has 6 nitrogen and oxygen atoms in total. The summed E-state index contributed by atoms with van der Waals surface area (Å²) in [6, 6.07) is 7.09. The highest BCUT2D eigenvalue weighted by Crippen LogP contribution is 2.22. The summed E-state index contributed by atoms with van der Waals surface area (Å²) in [5, 5.41) is 12.4. The van der Waals surface area contributed by atoms with Crippen LogP contribution in [0.4, 0.5) is 4.79 Å². The largest absolute Gasteiger partial charge is 0.497 e. The minimum absolute atomic E-state index is 0.0146. The molecule has 3 atom stereocenters. The maximum absolute atomic E-state index is 12.4. The van der Waals surface area contributed by atoms with E-state index in [0.717, 1.165) is 11.3 Å². The molecule has 0 aromatic heterocycles. The van der Waals surface area contributed by atoms with E-state index in [0.29, 0.717) is 13.0 Å². The number of methoxy groups -OCH3 is 2. The summed E-state index contributed by atoms with van der Waals surface area (Å²) in [7, 11) is 3.25. The lowest BCUT2D eigenvalue weighted by molar-refractivity contribution is 0.110. The van der Waals surface area contributed by atoms with Gasteiger partial charge >= 0.3 is 6.03 Å². The zero-order chi connectivity index (χ0) is 16.1. The molecule has 6 heteroatoms. The Kier molecular flexibility index (Phi) is 5.63. The molecular weight excluding hydrogens is 284 g/mol. The Hall–Kier alpha value is -1.79. The maximum atomic E-state index is 12.4. The van der Waals surface area contributed by atoms with Crippen molar-refractivity contribution in [1.29, 1.82) is 0 Å². The number of hydrogen-bond donors (Lipinski definition) is 2. The van der Waals surface area contributed by atoms with Crippen molar-refractivity contribution in [1.82, 2.24) is 10.2 Å². The number of nitrogens with zero attached hydrogens (tertiary/aromatic N) is 1. The molecule has 2 rings (SSSR count). The number of aliphatic hydroxyl groups excluding tert-OH is 1. The van der Waals surface area contributed by atoms with E-state index in [9.17, 15) is 9.90 Å². The van der Waals surface area contributed by atoms with Crippen LogP contribution in [0.3, 0.4) is 0 Å². The molecule has 0 saturated carbocycles. The highest BCUT2D eigenvalue weighted by molar-refractivity contribution is 5.75. The SMILES string of the molecule is COc1ccc(C(C)NC(=O)N2C[C@H](OC)C[C@H]2CO)cc1. The van der Waals surface area contributed by atoms with E-state index in [1.54, 1.807) is 19.1 Å². The van der Waals surface area contributed by atoms with Crippen molar-refractivity contribution in [2.45, 2.75) is 31.5 Å². The van der Waals surface area contributed by atoms with E-state index >= 15 is 0 Å². The molecule has 1 aromatic rings. The lowest BCUT2D eigenvalue weighted by Crippen LogP contribution is -2.45. The van der Waals surface area contributed by atoms with Crippen LogP contribution in [0.1, 0.15) is 24.9 Å². The average Bonchev–Trinajstić information content (AvgIpc) is 2.98. The van der Waals surface area contributed by atoms with Gasteiger partial charge in [0.1, 0.15) is 5.75 Å². The Bertz CT molecular complexity index is 491. The molecule has 22 heavy (non-hydrogen) atoms. The van der Waals surface area contributed by atoms with Gasteiger partial charge in [0.2, 0.25) is 0 Å². The van der Waals surface area contributed by atoms with Crippen molar-refractivity contribution < 1.29 is 19.4 Å². The van der Waals surface area contributed by atoms with Crippen molar-refractivity contribution in [2.75, 3.05) is 27.4 Å². The Balaban J connectivity index is 1.97. The number of rotatable bonds is 5. The van der Waals surface area contributed by atoms with Crippen LogP contribution in [0.25, 0.3) is 0 Å². The lowest BCUT2D eigenvalue weighted by atomic mass is 10.1. The monoisotopic (exact) mass is 308 g/mol. The molecule has 122 valence electrons. The smallest absolute Gasteiger partial charge is 0.318 e. The second-order valence-corrected chi connectivity index (χ2v) is 5.53. The molecule has 1 unspecified atom stereocenters. The van der Waals surface area contributed by atoms with E-state index in [2.05, 4.69) is 5.32 Å². The third-order valence-corrected chi connectivity index (χ3v) is 4.14. The first kappa shape index (κ1) is 16.6. The zero-order valence-electron chi connectivity index (χ0n) is 13.3. The normalized spacial score (nSPS) is 22.5. The Morgan fingerprint density at radius 3 is 2.64 bits per heavy atom. The molecule has 1 fully saturated rings. The summed E-state index contributed by atoms with van der Waals surface area (Å²) in [5.74, 6) is 0.783. The van der Waals surface area contributed by atoms with E-state index in [-0.39, 0.29) is 30.8 Å². The van der Waals surface area contributed by atoms with Crippen molar-refractivity contribution in [2.24, 2.45) is 0 Å². The summed E-state index contributed by atoms with van der Waals surface area (Å²) < 4.78 is 10.4. The van der Waals surface area contributed by atoms with Crippen LogP contribution in [-0.2, 0) is 4.74 Å². The fourth-order valence-electron chi connectivity index (χ4n) is 2.71. The first-order valence-corrected chi connectivity index (χ1v) is 7.43. The topological polar surface area (TPSA) is 71.0 Å². The molecule has 2 N–H and O–H groups in total. The minimum Gasteiger partial charge on any atom is -0.497 e. The van der Waals surface area contributed by atoms with Crippen LogP contribution >= 0.6 is 0 Å². The number of carbonyl (C=O) groups excluding carboxylic acids is 1. The molecule has 0 spiro atoms. The van der Waals surface area contributed by atoms with Crippen LogP contribution in [0.2, 0.25) is 0 Å². The number of amides is 2. The van der Waals surface area contributed by atoms with Crippen LogP contribution < -0.4 is 10.1 Å². The third kappa shape index (κ3) is 3.69. The van der Waals surface area contributed by atoms with Gasteiger partial charge in [-0.05, 0) is 31.0 Å². The van der Waals surface area contributed by atoms with Gasteiger partial charge in [0.25, 0.3) is 0 Å².